The lowest BCUT2D eigenvalue weighted by Crippen LogP contribution is -2.23. The summed E-state index contributed by atoms with van der Waals surface area (Å²) in [6, 6.07) is 13.5. The number of hydrogen-bond donors (Lipinski definition) is 0. The lowest BCUT2D eigenvalue weighted by molar-refractivity contribution is -0.128. The number of ether oxygens (including phenoxy) is 2. The van der Waals surface area contributed by atoms with Gasteiger partial charge in [0, 0.05) is 24.7 Å². The summed E-state index contributed by atoms with van der Waals surface area (Å²) in [5, 5.41) is 0. The highest BCUT2D eigenvalue weighted by Crippen LogP contribution is 2.22. The van der Waals surface area contributed by atoms with Crippen molar-refractivity contribution in [3.8, 4) is 5.75 Å². The fourth-order valence-corrected chi connectivity index (χ4v) is 2.78. The van der Waals surface area contributed by atoms with Gasteiger partial charge in [0.1, 0.15) is 5.75 Å². The Labute approximate surface area is 157 Å². The number of hydrogen-bond acceptors (Lipinski definition) is 5. The largest absolute Gasteiger partial charge is 0.465 e. The van der Waals surface area contributed by atoms with Crippen molar-refractivity contribution in [1.82, 2.24) is 0 Å². The van der Waals surface area contributed by atoms with Gasteiger partial charge in [-0.1, -0.05) is 12.1 Å². The molecule has 6 heteroatoms. The van der Waals surface area contributed by atoms with Gasteiger partial charge in [-0.2, -0.15) is 0 Å². The molecule has 2 aromatic carbocycles. The second-order valence-corrected chi connectivity index (χ2v) is 6.01. The molecule has 1 heterocycles. The summed E-state index contributed by atoms with van der Waals surface area (Å²) in [6.07, 6.45) is 4.44. The molecule has 1 fully saturated rings. The van der Waals surface area contributed by atoms with Gasteiger partial charge < -0.3 is 14.4 Å². The number of nitrogens with zero attached hydrogens (tertiary/aromatic N) is 1. The molecule has 0 aliphatic carbocycles. The molecule has 1 aliphatic heterocycles. The number of rotatable bonds is 5. The third-order valence-electron chi connectivity index (χ3n) is 4.18. The van der Waals surface area contributed by atoms with Gasteiger partial charge in [0.15, 0.2) is 0 Å². The Morgan fingerprint density at radius 3 is 2.33 bits per heavy atom. The van der Waals surface area contributed by atoms with Crippen molar-refractivity contribution in [3.05, 3.63) is 65.7 Å². The summed E-state index contributed by atoms with van der Waals surface area (Å²) >= 11 is 0. The van der Waals surface area contributed by atoms with Crippen LogP contribution in [0.25, 0.3) is 6.08 Å². The molecule has 2 aromatic rings. The van der Waals surface area contributed by atoms with Crippen LogP contribution < -0.4 is 9.64 Å². The van der Waals surface area contributed by atoms with Crippen LogP contribution in [0, 0.1) is 0 Å². The van der Waals surface area contributed by atoms with Crippen LogP contribution in [0.2, 0.25) is 0 Å². The van der Waals surface area contributed by atoms with E-state index in [1.807, 2.05) is 24.3 Å². The van der Waals surface area contributed by atoms with E-state index in [-0.39, 0.29) is 5.91 Å². The van der Waals surface area contributed by atoms with Crippen LogP contribution in [0.4, 0.5) is 5.69 Å². The lowest BCUT2D eigenvalue weighted by Gasteiger charge is -2.15. The highest BCUT2D eigenvalue weighted by atomic mass is 16.5. The lowest BCUT2D eigenvalue weighted by atomic mass is 10.2. The van der Waals surface area contributed by atoms with Crippen LogP contribution in [-0.4, -0.2) is 31.5 Å². The molecule has 0 spiro atoms. The maximum Gasteiger partial charge on any atom is 0.337 e. The first-order valence-corrected chi connectivity index (χ1v) is 8.55. The fraction of sp³-hybridized carbons (Fsp3) is 0.190. The number of carbonyl (C=O) groups excluding carboxylic acids is 3. The summed E-state index contributed by atoms with van der Waals surface area (Å²) in [4.78, 5) is 36.8. The Bertz CT molecular complexity index is 868. The van der Waals surface area contributed by atoms with Crippen LogP contribution in [0.1, 0.15) is 28.8 Å². The summed E-state index contributed by atoms with van der Waals surface area (Å²) in [7, 11) is 1.30. The second kappa shape index (κ2) is 8.31. The molecule has 6 nitrogen and oxygen atoms in total. The summed E-state index contributed by atoms with van der Waals surface area (Å²) in [6.45, 7) is 0.745. The van der Waals surface area contributed by atoms with Crippen LogP contribution in [-0.2, 0) is 14.3 Å². The van der Waals surface area contributed by atoms with Crippen molar-refractivity contribution >= 4 is 29.6 Å². The summed E-state index contributed by atoms with van der Waals surface area (Å²) < 4.78 is 9.80. The number of benzene rings is 2. The van der Waals surface area contributed by atoms with Gasteiger partial charge >= 0.3 is 11.9 Å². The molecular weight excluding hydrogens is 346 g/mol. The molecule has 0 saturated carbocycles. The first-order valence-electron chi connectivity index (χ1n) is 8.55. The Kier molecular flexibility index (Phi) is 5.66. The number of amides is 1. The normalized spacial score (nSPS) is 13.8. The number of esters is 2. The first-order chi connectivity index (χ1) is 13.1. The van der Waals surface area contributed by atoms with E-state index in [0.717, 1.165) is 24.2 Å². The number of methoxy groups -OCH3 is 1. The van der Waals surface area contributed by atoms with Crippen LogP contribution >= 0.6 is 0 Å². The molecule has 1 amide bonds. The van der Waals surface area contributed by atoms with E-state index in [2.05, 4.69) is 4.74 Å². The quantitative estimate of drug-likeness (QED) is 0.462. The van der Waals surface area contributed by atoms with E-state index in [1.54, 1.807) is 11.0 Å². The second-order valence-electron chi connectivity index (χ2n) is 6.01. The average Bonchev–Trinajstić information content (AvgIpc) is 3.12. The maximum atomic E-state index is 11.9. The molecule has 0 N–H and O–H groups in total. The van der Waals surface area contributed by atoms with E-state index in [0.29, 0.717) is 17.7 Å². The molecule has 3 rings (SSSR count). The fourth-order valence-electron chi connectivity index (χ4n) is 2.78. The molecule has 0 aromatic heterocycles. The highest BCUT2D eigenvalue weighted by Gasteiger charge is 2.21. The smallest absolute Gasteiger partial charge is 0.337 e. The van der Waals surface area contributed by atoms with Gasteiger partial charge in [0.2, 0.25) is 5.91 Å². The maximum absolute atomic E-state index is 11.9. The average molecular weight is 365 g/mol. The predicted molar refractivity (Wildman–Crippen MR) is 100 cm³/mol. The van der Waals surface area contributed by atoms with Crippen LogP contribution in [0.15, 0.2) is 54.6 Å². The standard InChI is InChI=1S/C21H19NO5/c1-26-21(25)16-7-11-18(12-8-16)27-20(24)13-6-15-4-9-17(10-5-15)22-14-2-3-19(22)23/h4-13H,2-3,14H2,1H3/b13-6+. The minimum absolute atomic E-state index is 0.139. The zero-order valence-corrected chi connectivity index (χ0v) is 14.9. The molecule has 0 atom stereocenters. The third-order valence-corrected chi connectivity index (χ3v) is 4.18. The van der Waals surface area contributed by atoms with Crippen LogP contribution in [0.5, 0.6) is 5.75 Å². The van der Waals surface area contributed by atoms with Crippen molar-refractivity contribution < 1.29 is 23.9 Å². The van der Waals surface area contributed by atoms with Crippen molar-refractivity contribution in [2.45, 2.75) is 12.8 Å². The van der Waals surface area contributed by atoms with Gasteiger partial charge in [0.05, 0.1) is 12.7 Å². The van der Waals surface area contributed by atoms with Crippen molar-refractivity contribution in [2.75, 3.05) is 18.6 Å². The van der Waals surface area contributed by atoms with E-state index in [4.69, 9.17) is 4.74 Å². The minimum Gasteiger partial charge on any atom is -0.465 e. The van der Waals surface area contributed by atoms with Gasteiger partial charge in [-0.15, -0.1) is 0 Å². The Hall–Kier alpha value is -3.41. The molecule has 0 bridgehead atoms. The monoisotopic (exact) mass is 365 g/mol. The number of carbonyl (C=O) groups is 3. The van der Waals surface area contributed by atoms with Crippen molar-refractivity contribution in [3.63, 3.8) is 0 Å². The zero-order chi connectivity index (χ0) is 19.2. The Morgan fingerprint density at radius 1 is 1.04 bits per heavy atom. The molecular formula is C21H19NO5. The Balaban J connectivity index is 1.58. The number of anilines is 1. The molecule has 0 radical (unpaired) electrons. The summed E-state index contributed by atoms with van der Waals surface area (Å²) in [5.74, 6) is -0.508. The first kappa shape index (κ1) is 18.4. The van der Waals surface area contributed by atoms with E-state index in [9.17, 15) is 14.4 Å². The zero-order valence-electron chi connectivity index (χ0n) is 14.9. The molecule has 0 unspecified atom stereocenters. The minimum atomic E-state index is -0.528. The van der Waals surface area contributed by atoms with Crippen LogP contribution in [0.3, 0.4) is 0 Å². The van der Waals surface area contributed by atoms with Gasteiger partial charge in [0.25, 0.3) is 0 Å². The molecule has 1 aliphatic rings. The van der Waals surface area contributed by atoms with Gasteiger partial charge in [-0.25, -0.2) is 9.59 Å². The topological polar surface area (TPSA) is 72.9 Å². The molecule has 1 saturated heterocycles. The Morgan fingerprint density at radius 2 is 1.74 bits per heavy atom. The highest BCUT2D eigenvalue weighted by molar-refractivity contribution is 5.95. The van der Waals surface area contributed by atoms with Crippen molar-refractivity contribution in [1.29, 1.82) is 0 Å². The molecule has 27 heavy (non-hydrogen) atoms. The van der Waals surface area contributed by atoms with E-state index in [1.165, 1.54) is 37.5 Å². The summed E-state index contributed by atoms with van der Waals surface area (Å²) in [5.41, 5.74) is 2.07. The third kappa shape index (κ3) is 4.61. The van der Waals surface area contributed by atoms with Gasteiger partial charge in [-0.3, -0.25) is 4.79 Å². The van der Waals surface area contributed by atoms with E-state index < -0.39 is 11.9 Å². The van der Waals surface area contributed by atoms with E-state index >= 15 is 0 Å². The molecule has 138 valence electrons. The van der Waals surface area contributed by atoms with Gasteiger partial charge in [-0.05, 0) is 54.5 Å². The van der Waals surface area contributed by atoms with Crippen molar-refractivity contribution in [2.24, 2.45) is 0 Å². The SMILES string of the molecule is COC(=O)c1ccc(OC(=O)/C=C/c2ccc(N3CCCC3=O)cc2)cc1. The predicted octanol–water partition coefficient (Wildman–Crippen LogP) is 3.22.